The second-order valence-corrected chi connectivity index (χ2v) is 2.46. The third-order valence-corrected chi connectivity index (χ3v) is 1.57. The van der Waals surface area contributed by atoms with Crippen molar-refractivity contribution in [1.29, 1.82) is 0 Å². The quantitative estimate of drug-likeness (QED) is 0.757. The Bertz CT molecular complexity index is 441. The average molecular weight is 189 g/mol. The maximum Gasteiger partial charge on any atom is 0.200 e. The lowest BCUT2D eigenvalue weighted by molar-refractivity contribution is 0.135. The summed E-state index contributed by atoms with van der Waals surface area (Å²) in [5.74, 6) is -2.90. The van der Waals surface area contributed by atoms with Gasteiger partial charge in [0.1, 0.15) is 6.10 Å². The fraction of sp³-hybridized carbons (Fsp3) is 0.333. The maximum atomic E-state index is 13.3. The van der Waals surface area contributed by atoms with Gasteiger partial charge in [-0.3, -0.25) is 0 Å². The van der Waals surface area contributed by atoms with Crippen LogP contribution in [0.5, 0.6) is 5.75 Å². The monoisotopic (exact) mass is 189 g/mol. The Morgan fingerprint density at radius 3 is 2.92 bits per heavy atom. The molecular weight excluding hydrogens is 176 g/mol. The van der Waals surface area contributed by atoms with E-state index in [4.69, 9.17) is 10.2 Å². The van der Waals surface area contributed by atoms with Crippen molar-refractivity contribution in [2.24, 2.45) is 0 Å². The molecule has 2 nitrogen and oxygen atoms in total. The smallest absolute Gasteiger partial charge is 0.200 e. The molecule has 2 rings (SSSR count). The highest BCUT2D eigenvalue weighted by Crippen LogP contribution is 2.20. The number of hydrogen-bond donors (Lipinski definition) is 1. The second-order valence-electron chi connectivity index (χ2n) is 2.46. The van der Waals surface area contributed by atoms with E-state index in [-0.39, 0.29) is 0 Å². The van der Waals surface area contributed by atoms with Gasteiger partial charge in [0.2, 0.25) is 5.82 Å². The minimum atomic E-state index is -2.12. The lowest BCUT2D eigenvalue weighted by atomic mass is 10.2. The van der Waals surface area contributed by atoms with Crippen LogP contribution in [0.15, 0.2) is 18.2 Å². The van der Waals surface area contributed by atoms with Gasteiger partial charge in [-0.05, 0) is 12.1 Å². The SMILES string of the molecule is [2H]C1([2H])NC([2H])([2H])C1Oc1cccc(F)c1F. The first-order chi connectivity index (χ1) is 7.74. The largest absolute Gasteiger partial charge is 0.485 e. The van der Waals surface area contributed by atoms with Crippen molar-refractivity contribution in [2.45, 2.75) is 6.10 Å². The summed E-state index contributed by atoms with van der Waals surface area (Å²) in [7, 11) is 0. The zero-order valence-electron chi connectivity index (χ0n) is 10.5. The maximum absolute atomic E-state index is 13.3. The molecule has 1 heterocycles. The van der Waals surface area contributed by atoms with E-state index in [2.05, 4.69) is 0 Å². The Hall–Kier alpha value is -1.16. The van der Waals surface area contributed by atoms with Crippen LogP contribution >= 0.6 is 0 Å². The van der Waals surface area contributed by atoms with Crippen molar-refractivity contribution in [3.63, 3.8) is 0 Å². The Kier molecular flexibility index (Phi) is 1.24. The molecule has 1 saturated heterocycles. The molecular formula is C9H9F2NO. The Morgan fingerprint density at radius 1 is 1.46 bits per heavy atom. The molecule has 1 fully saturated rings. The summed E-state index contributed by atoms with van der Waals surface area (Å²) < 4.78 is 60.3. The van der Waals surface area contributed by atoms with Crippen LogP contribution in [0, 0.1) is 11.6 Å². The van der Waals surface area contributed by atoms with E-state index in [1.165, 1.54) is 6.07 Å². The third kappa shape index (κ3) is 1.62. The number of benzene rings is 1. The fourth-order valence-corrected chi connectivity index (χ4v) is 0.892. The van der Waals surface area contributed by atoms with Crippen LogP contribution in [-0.2, 0) is 0 Å². The standard InChI is InChI=1S/C9H9F2NO/c10-7-2-1-3-8(9(7)11)13-6-4-12-5-6/h1-3,6,12H,4-5H2/i4D2,5D2. The summed E-state index contributed by atoms with van der Waals surface area (Å²) in [5.41, 5.74) is 0. The van der Waals surface area contributed by atoms with Gasteiger partial charge in [0.05, 0.1) is 0 Å². The minimum absolute atomic E-state index is 0.510. The molecule has 0 radical (unpaired) electrons. The number of halogens is 2. The van der Waals surface area contributed by atoms with Crippen LogP contribution in [0.4, 0.5) is 8.78 Å². The molecule has 0 bridgehead atoms. The molecule has 0 atom stereocenters. The molecule has 0 spiro atoms. The van der Waals surface area contributed by atoms with Gasteiger partial charge in [0.15, 0.2) is 11.6 Å². The number of hydrogen-bond acceptors (Lipinski definition) is 2. The topological polar surface area (TPSA) is 21.3 Å². The van der Waals surface area contributed by atoms with E-state index in [0.29, 0.717) is 0 Å². The highest BCUT2D eigenvalue weighted by atomic mass is 19.2. The summed E-state index contributed by atoms with van der Waals surface area (Å²) in [4.78, 5) is 0. The van der Waals surface area contributed by atoms with Gasteiger partial charge in [0, 0.05) is 18.5 Å². The first-order valence-electron chi connectivity index (χ1n) is 5.64. The van der Waals surface area contributed by atoms with Gasteiger partial charge in [-0.1, -0.05) is 6.07 Å². The third-order valence-electron chi connectivity index (χ3n) is 1.57. The predicted octanol–water partition coefficient (Wildman–Crippen LogP) is 1.32. The van der Waals surface area contributed by atoms with E-state index in [1.54, 1.807) is 0 Å². The van der Waals surface area contributed by atoms with E-state index < -0.39 is 36.5 Å². The molecule has 0 aromatic heterocycles. The first-order valence-corrected chi connectivity index (χ1v) is 3.64. The van der Waals surface area contributed by atoms with Crippen molar-refractivity contribution in [2.75, 3.05) is 13.0 Å². The molecule has 1 aromatic carbocycles. The molecule has 0 unspecified atom stereocenters. The molecule has 1 aliphatic rings. The van der Waals surface area contributed by atoms with Gasteiger partial charge in [-0.25, -0.2) is 4.39 Å². The zero-order valence-corrected chi connectivity index (χ0v) is 6.47. The summed E-state index contributed by atoms with van der Waals surface area (Å²) in [6.07, 6.45) is -1.54. The summed E-state index contributed by atoms with van der Waals surface area (Å²) >= 11 is 0. The average Bonchev–Trinajstić information content (AvgIpc) is 2.18. The highest BCUT2D eigenvalue weighted by molar-refractivity contribution is 5.25. The number of rotatable bonds is 2. The van der Waals surface area contributed by atoms with Crippen molar-refractivity contribution in [1.82, 2.24) is 5.32 Å². The molecule has 1 N–H and O–H groups in total. The van der Waals surface area contributed by atoms with Crippen molar-refractivity contribution in [3.05, 3.63) is 29.8 Å². The van der Waals surface area contributed by atoms with Gasteiger partial charge in [-0.15, -0.1) is 0 Å². The Morgan fingerprint density at radius 2 is 2.23 bits per heavy atom. The van der Waals surface area contributed by atoms with E-state index >= 15 is 0 Å². The van der Waals surface area contributed by atoms with Gasteiger partial charge in [0.25, 0.3) is 0 Å². The van der Waals surface area contributed by atoms with Crippen LogP contribution in [0.1, 0.15) is 5.48 Å². The highest BCUT2D eigenvalue weighted by Gasteiger charge is 2.20. The van der Waals surface area contributed by atoms with Gasteiger partial charge >= 0.3 is 0 Å². The molecule has 1 aromatic rings. The lowest BCUT2D eigenvalue weighted by Gasteiger charge is -2.27. The lowest BCUT2D eigenvalue weighted by Crippen LogP contribution is -2.50. The normalized spacial score (nSPS) is 29.1. The van der Waals surface area contributed by atoms with Crippen molar-refractivity contribution >= 4 is 0 Å². The summed E-state index contributed by atoms with van der Waals surface area (Å²) in [6.45, 7) is -4.25. The Labute approximate surface area is 80.1 Å². The van der Waals surface area contributed by atoms with Crippen LogP contribution in [0.3, 0.4) is 0 Å². The van der Waals surface area contributed by atoms with E-state index in [0.717, 1.165) is 12.1 Å². The molecule has 0 amide bonds. The minimum Gasteiger partial charge on any atom is -0.485 e. The van der Waals surface area contributed by atoms with Crippen LogP contribution < -0.4 is 10.1 Å². The Balaban J connectivity index is 2.24. The van der Waals surface area contributed by atoms with Crippen LogP contribution in [0.25, 0.3) is 0 Å². The van der Waals surface area contributed by atoms with Gasteiger partial charge < -0.3 is 10.1 Å². The predicted molar refractivity (Wildman–Crippen MR) is 43.6 cm³/mol. The molecule has 4 heteroatoms. The zero-order chi connectivity index (χ0) is 12.8. The fourth-order valence-electron chi connectivity index (χ4n) is 0.892. The molecule has 70 valence electrons. The van der Waals surface area contributed by atoms with E-state index in [9.17, 15) is 8.78 Å². The van der Waals surface area contributed by atoms with Crippen molar-refractivity contribution in [3.8, 4) is 5.75 Å². The summed E-state index contributed by atoms with van der Waals surface area (Å²) in [6, 6.07) is 3.21. The molecule has 0 saturated carbocycles. The first kappa shape index (κ1) is 4.91. The molecule has 1 aliphatic heterocycles. The van der Waals surface area contributed by atoms with Crippen LogP contribution in [-0.4, -0.2) is 19.1 Å². The van der Waals surface area contributed by atoms with E-state index in [1.807, 2.05) is 5.32 Å². The van der Waals surface area contributed by atoms with Crippen LogP contribution in [0.2, 0.25) is 0 Å². The van der Waals surface area contributed by atoms with Crippen molar-refractivity contribution < 1.29 is 19.0 Å². The number of nitrogens with one attached hydrogen (secondary N) is 1. The molecule has 0 aliphatic carbocycles. The van der Waals surface area contributed by atoms with Gasteiger partial charge in [-0.2, -0.15) is 4.39 Å². The second kappa shape index (κ2) is 3.30. The number of ether oxygens (including phenoxy) is 1. The molecule has 13 heavy (non-hydrogen) atoms. The summed E-state index contributed by atoms with van der Waals surface area (Å²) in [5, 5.41) is 1.99.